The fraction of sp³-hybridized carbons (Fsp3) is 0.273. The predicted molar refractivity (Wildman–Crippen MR) is 104 cm³/mol. The lowest BCUT2D eigenvalue weighted by Crippen LogP contribution is -2.47. The summed E-state index contributed by atoms with van der Waals surface area (Å²) in [5.74, 6) is -2.55. The second-order valence-electron chi connectivity index (χ2n) is 6.53. The minimum Gasteiger partial charge on any atom is -0.497 e. The van der Waals surface area contributed by atoms with Crippen molar-refractivity contribution in [3.8, 4) is 11.8 Å². The first-order valence-electron chi connectivity index (χ1n) is 9.14. The zero-order valence-corrected chi connectivity index (χ0v) is 16.1. The van der Waals surface area contributed by atoms with E-state index in [1.165, 1.54) is 7.11 Å². The smallest absolute Gasteiger partial charge is 0.331 e. The summed E-state index contributed by atoms with van der Waals surface area (Å²) in [6.07, 6.45) is -0.272. The summed E-state index contributed by atoms with van der Waals surface area (Å²) in [5.41, 5.74) is -1.23. The molecule has 0 aliphatic carbocycles. The van der Waals surface area contributed by atoms with Gasteiger partial charge in [0.25, 0.3) is 0 Å². The molecule has 148 valence electrons. The van der Waals surface area contributed by atoms with Crippen LogP contribution in [0, 0.1) is 17.2 Å². The zero-order chi connectivity index (χ0) is 21.0. The Kier molecular flexibility index (Phi) is 5.64. The van der Waals surface area contributed by atoms with Gasteiger partial charge in [0.1, 0.15) is 5.75 Å². The Morgan fingerprint density at radius 1 is 1.17 bits per heavy atom. The summed E-state index contributed by atoms with van der Waals surface area (Å²) in [6, 6.07) is 16.7. The van der Waals surface area contributed by atoms with Crippen molar-refractivity contribution in [2.45, 2.75) is 18.8 Å². The number of nitriles is 1. The van der Waals surface area contributed by atoms with E-state index in [-0.39, 0.29) is 13.0 Å². The molecule has 2 aromatic rings. The molecule has 0 spiro atoms. The van der Waals surface area contributed by atoms with E-state index in [0.29, 0.717) is 17.0 Å². The summed E-state index contributed by atoms with van der Waals surface area (Å²) in [5, 5.41) is 10.1. The Morgan fingerprint density at radius 2 is 1.83 bits per heavy atom. The third kappa shape index (κ3) is 3.34. The molecule has 7 nitrogen and oxygen atoms in total. The van der Waals surface area contributed by atoms with Gasteiger partial charge in [0.2, 0.25) is 11.8 Å². The standard InChI is InChI=1S/C22H20N2O5/c1-3-29-21(27)22(14-23,15-7-5-4-6-8-15)18-13-19(25)24(20(18)26)16-9-11-17(28-2)12-10-16/h4-12,18H,3,13H2,1-2H3/t18-,22+/m1/s1. The SMILES string of the molecule is CCOC(=O)[C@@](C#N)(c1ccccc1)[C@@H]1CC(=O)N(c2ccc(OC)cc2)C1=O. The van der Waals surface area contributed by atoms with E-state index >= 15 is 0 Å². The lowest BCUT2D eigenvalue weighted by atomic mass is 9.70. The van der Waals surface area contributed by atoms with Crippen molar-refractivity contribution in [2.24, 2.45) is 5.92 Å². The van der Waals surface area contributed by atoms with Crippen molar-refractivity contribution in [3.05, 3.63) is 60.2 Å². The van der Waals surface area contributed by atoms with Gasteiger partial charge in [-0.1, -0.05) is 30.3 Å². The average Bonchev–Trinajstić information content (AvgIpc) is 3.04. The normalized spacial score (nSPS) is 18.1. The van der Waals surface area contributed by atoms with E-state index in [0.717, 1.165) is 4.90 Å². The molecule has 0 saturated carbocycles. The van der Waals surface area contributed by atoms with Gasteiger partial charge in [0.15, 0.2) is 5.41 Å². The molecule has 0 N–H and O–H groups in total. The molecular weight excluding hydrogens is 372 g/mol. The van der Waals surface area contributed by atoms with Crippen LogP contribution < -0.4 is 9.64 Å². The molecule has 0 radical (unpaired) electrons. The molecule has 2 aromatic carbocycles. The maximum absolute atomic E-state index is 13.3. The summed E-state index contributed by atoms with van der Waals surface area (Å²) >= 11 is 0. The summed E-state index contributed by atoms with van der Waals surface area (Å²) in [7, 11) is 1.51. The molecule has 1 fully saturated rings. The molecule has 1 heterocycles. The number of rotatable bonds is 6. The maximum atomic E-state index is 13.3. The molecule has 3 rings (SSSR count). The topological polar surface area (TPSA) is 96.7 Å². The van der Waals surface area contributed by atoms with E-state index in [1.807, 2.05) is 6.07 Å². The summed E-state index contributed by atoms with van der Waals surface area (Å²) in [4.78, 5) is 39.9. The molecule has 7 heteroatoms. The molecule has 1 saturated heterocycles. The van der Waals surface area contributed by atoms with Crippen LogP contribution in [0.3, 0.4) is 0 Å². The van der Waals surface area contributed by atoms with Crippen LogP contribution in [0.4, 0.5) is 5.69 Å². The van der Waals surface area contributed by atoms with E-state index < -0.39 is 29.1 Å². The number of benzene rings is 2. The fourth-order valence-corrected chi connectivity index (χ4v) is 3.57. The Labute approximate surface area is 168 Å². The lowest BCUT2D eigenvalue weighted by Gasteiger charge is -2.29. The van der Waals surface area contributed by atoms with Crippen molar-refractivity contribution in [2.75, 3.05) is 18.6 Å². The van der Waals surface area contributed by atoms with Crippen molar-refractivity contribution in [3.63, 3.8) is 0 Å². The Morgan fingerprint density at radius 3 is 2.38 bits per heavy atom. The molecule has 0 bridgehead atoms. The van der Waals surface area contributed by atoms with Crippen LogP contribution in [0.25, 0.3) is 0 Å². The second-order valence-corrected chi connectivity index (χ2v) is 6.53. The number of nitrogens with zero attached hydrogens (tertiary/aromatic N) is 2. The Hall–Kier alpha value is -3.66. The number of hydrogen-bond donors (Lipinski definition) is 0. The third-order valence-corrected chi connectivity index (χ3v) is 5.00. The van der Waals surface area contributed by atoms with Crippen LogP contribution in [0.5, 0.6) is 5.75 Å². The predicted octanol–water partition coefficient (Wildman–Crippen LogP) is 2.60. The van der Waals surface area contributed by atoms with Crippen LogP contribution in [-0.2, 0) is 24.5 Å². The van der Waals surface area contributed by atoms with E-state index in [1.54, 1.807) is 61.5 Å². The van der Waals surface area contributed by atoms with Gasteiger partial charge < -0.3 is 9.47 Å². The quantitative estimate of drug-likeness (QED) is 0.554. The largest absolute Gasteiger partial charge is 0.497 e. The highest BCUT2D eigenvalue weighted by atomic mass is 16.5. The third-order valence-electron chi connectivity index (χ3n) is 5.00. The number of carbonyl (C=O) groups excluding carboxylic acids is 3. The molecule has 1 aliphatic rings. The first kappa shape index (κ1) is 20.1. The molecule has 2 amide bonds. The highest BCUT2D eigenvalue weighted by molar-refractivity contribution is 6.22. The zero-order valence-electron chi connectivity index (χ0n) is 16.1. The minimum absolute atomic E-state index is 0.0478. The van der Waals surface area contributed by atoms with Gasteiger partial charge in [0.05, 0.1) is 31.4 Å². The van der Waals surface area contributed by atoms with Crippen molar-refractivity contribution in [1.82, 2.24) is 0 Å². The molecule has 29 heavy (non-hydrogen) atoms. The number of imide groups is 1. The van der Waals surface area contributed by atoms with Gasteiger partial charge in [-0.05, 0) is 36.8 Å². The average molecular weight is 392 g/mol. The van der Waals surface area contributed by atoms with Crippen molar-refractivity contribution >= 4 is 23.5 Å². The van der Waals surface area contributed by atoms with E-state index in [4.69, 9.17) is 9.47 Å². The van der Waals surface area contributed by atoms with Crippen LogP contribution >= 0.6 is 0 Å². The van der Waals surface area contributed by atoms with Crippen molar-refractivity contribution in [1.29, 1.82) is 5.26 Å². The summed E-state index contributed by atoms with van der Waals surface area (Å²) < 4.78 is 10.3. The number of methoxy groups -OCH3 is 1. The highest BCUT2D eigenvalue weighted by Crippen LogP contribution is 2.41. The van der Waals surface area contributed by atoms with Crippen LogP contribution in [0.1, 0.15) is 18.9 Å². The Bertz CT molecular complexity index is 965. The van der Waals surface area contributed by atoms with Gasteiger partial charge in [-0.3, -0.25) is 14.5 Å². The number of amides is 2. The van der Waals surface area contributed by atoms with Crippen LogP contribution in [0.15, 0.2) is 54.6 Å². The fourth-order valence-electron chi connectivity index (χ4n) is 3.57. The number of esters is 1. The number of carbonyl (C=O) groups is 3. The van der Waals surface area contributed by atoms with Crippen molar-refractivity contribution < 1.29 is 23.9 Å². The minimum atomic E-state index is -1.91. The van der Waals surface area contributed by atoms with Gasteiger partial charge in [-0.2, -0.15) is 5.26 Å². The molecular formula is C22H20N2O5. The Balaban J connectivity index is 2.07. The number of ether oxygens (including phenoxy) is 2. The van der Waals surface area contributed by atoms with Gasteiger partial charge in [-0.15, -0.1) is 0 Å². The second kappa shape index (κ2) is 8.15. The van der Waals surface area contributed by atoms with E-state index in [9.17, 15) is 19.6 Å². The molecule has 2 atom stereocenters. The maximum Gasteiger partial charge on any atom is 0.331 e. The number of hydrogen-bond acceptors (Lipinski definition) is 6. The number of anilines is 1. The van der Waals surface area contributed by atoms with Gasteiger partial charge in [-0.25, -0.2) is 4.79 Å². The monoisotopic (exact) mass is 392 g/mol. The molecule has 1 aliphatic heterocycles. The van der Waals surface area contributed by atoms with Crippen LogP contribution in [0.2, 0.25) is 0 Å². The van der Waals surface area contributed by atoms with E-state index in [2.05, 4.69) is 0 Å². The molecule has 0 unspecified atom stereocenters. The summed E-state index contributed by atoms with van der Waals surface area (Å²) in [6.45, 7) is 1.67. The molecule has 0 aromatic heterocycles. The first-order valence-corrected chi connectivity index (χ1v) is 9.14. The highest BCUT2D eigenvalue weighted by Gasteiger charge is 2.58. The van der Waals surface area contributed by atoms with Gasteiger partial charge >= 0.3 is 5.97 Å². The van der Waals surface area contributed by atoms with Gasteiger partial charge in [0, 0.05) is 6.42 Å². The first-order chi connectivity index (χ1) is 14.0. The lowest BCUT2D eigenvalue weighted by molar-refractivity contribution is -0.151. The van der Waals surface area contributed by atoms with Crippen LogP contribution in [-0.4, -0.2) is 31.5 Å².